The third-order valence-corrected chi connectivity index (χ3v) is 3.15. The highest BCUT2D eigenvalue weighted by Gasteiger charge is 2.09. The lowest BCUT2D eigenvalue weighted by atomic mass is 10.4. The van der Waals surface area contributed by atoms with Crippen LogP contribution in [0, 0.1) is 0 Å². The topological polar surface area (TPSA) is 91.7 Å². The van der Waals surface area contributed by atoms with E-state index in [1.54, 1.807) is 30.3 Å². The van der Waals surface area contributed by atoms with Crippen LogP contribution in [-0.2, 0) is 13.7 Å². The monoisotopic (exact) mass is 334 g/mol. The average Bonchev–Trinajstić information content (AvgIpc) is 2.79. The Labute approximate surface area is 122 Å². The van der Waals surface area contributed by atoms with Crippen molar-refractivity contribution in [2.24, 2.45) is 7.05 Å². The molecule has 20 heavy (non-hydrogen) atoms. The highest BCUT2D eigenvalue weighted by Crippen LogP contribution is 2.19. The van der Waals surface area contributed by atoms with E-state index in [4.69, 9.17) is 10.5 Å². The highest BCUT2D eigenvalue weighted by molar-refractivity contribution is 9.10. The molecule has 0 fully saturated rings. The average molecular weight is 335 g/mol. The number of fused-ring (bicyclic) bond motifs is 1. The first-order valence-electron chi connectivity index (χ1n) is 5.81. The van der Waals surface area contributed by atoms with Gasteiger partial charge in [-0.15, -0.1) is 0 Å². The summed E-state index contributed by atoms with van der Waals surface area (Å²) in [6.45, 7) is 0.212. The molecule has 0 unspecified atom stereocenters. The van der Waals surface area contributed by atoms with Gasteiger partial charge in [0.25, 0.3) is 0 Å². The van der Waals surface area contributed by atoms with Crippen molar-refractivity contribution in [2.75, 3.05) is 5.73 Å². The van der Waals surface area contributed by atoms with E-state index in [0.29, 0.717) is 23.0 Å². The van der Waals surface area contributed by atoms with Crippen molar-refractivity contribution in [1.29, 1.82) is 0 Å². The van der Waals surface area contributed by atoms with Gasteiger partial charge in [0.2, 0.25) is 0 Å². The van der Waals surface area contributed by atoms with Gasteiger partial charge in [-0.05, 0) is 22.0 Å². The van der Waals surface area contributed by atoms with Crippen LogP contribution in [0.4, 0.5) is 5.82 Å². The molecule has 0 aromatic carbocycles. The van der Waals surface area contributed by atoms with E-state index in [9.17, 15) is 0 Å². The number of hydrogen-bond donors (Lipinski definition) is 1. The van der Waals surface area contributed by atoms with Crippen LogP contribution in [0.25, 0.3) is 11.0 Å². The summed E-state index contributed by atoms with van der Waals surface area (Å²) in [5.74, 6) is 1.53. The number of nitrogens with two attached hydrogens (primary N) is 1. The molecule has 0 saturated heterocycles. The predicted molar refractivity (Wildman–Crippen MR) is 77.0 cm³/mol. The summed E-state index contributed by atoms with van der Waals surface area (Å²) in [5, 5.41) is 4.84. The third kappa shape index (κ3) is 2.42. The maximum atomic E-state index is 5.88. The Morgan fingerprint density at radius 1 is 1.30 bits per heavy atom. The van der Waals surface area contributed by atoms with Crippen molar-refractivity contribution in [2.45, 2.75) is 6.61 Å². The number of anilines is 1. The Morgan fingerprint density at radius 2 is 2.15 bits per heavy atom. The highest BCUT2D eigenvalue weighted by atomic mass is 79.9. The largest absolute Gasteiger partial charge is 0.484 e. The van der Waals surface area contributed by atoms with E-state index in [0.717, 1.165) is 9.86 Å². The Morgan fingerprint density at radius 3 is 2.95 bits per heavy atom. The molecule has 7 nitrogen and oxygen atoms in total. The van der Waals surface area contributed by atoms with Gasteiger partial charge in [0.1, 0.15) is 18.2 Å². The molecule has 0 bridgehead atoms. The molecule has 3 aromatic heterocycles. The molecular weight excluding hydrogens is 324 g/mol. The van der Waals surface area contributed by atoms with Crippen molar-refractivity contribution >= 4 is 32.8 Å². The number of halogens is 1. The van der Waals surface area contributed by atoms with Crippen molar-refractivity contribution in [1.82, 2.24) is 24.7 Å². The van der Waals surface area contributed by atoms with Gasteiger partial charge in [-0.1, -0.05) is 0 Å². The van der Waals surface area contributed by atoms with Crippen LogP contribution < -0.4 is 10.5 Å². The van der Waals surface area contributed by atoms with Gasteiger partial charge < -0.3 is 10.5 Å². The SMILES string of the molecule is Cn1ncc2c(N)nc(COc3cncc(Br)c3)nc21. The van der Waals surface area contributed by atoms with Gasteiger partial charge in [0.15, 0.2) is 11.5 Å². The Hall–Kier alpha value is -2.22. The molecule has 0 radical (unpaired) electrons. The Bertz CT molecular complexity index is 772. The second-order valence-corrected chi connectivity index (χ2v) is 5.07. The summed E-state index contributed by atoms with van der Waals surface area (Å²) in [6, 6.07) is 1.82. The van der Waals surface area contributed by atoms with Crippen LogP contribution in [0.1, 0.15) is 5.82 Å². The molecular formula is C12H11BrN6O. The van der Waals surface area contributed by atoms with Crippen LogP contribution in [0.2, 0.25) is 0 Å². The zero-order chi connectivity index (χ0) is 14.1. The molecule has 2 N–H and O–H groups in total. The molecule has 3 aromatic rings. The zero-order valence-corrected chi connectivity index (χ0v) is 12.2. The second-order valence-electron chi connectivity index (χ2n) is 4.16. The molecule has 0 amide bonds. The minimum absolute atomic E-state index is 0.212. The van der Waals surface area contributed by atoms with E-state index in [2.05, 4.69) is 36.0 Å². The molecule has 0 aliphatic rings. The summed E-state index contributed by atoms with van der Waals surface area (Å²) in [7, 11) is 1.80. The fraction of sp³-hybridized carbons (Fsp3) is 0.167. The van der Waals surface area contributed by atoms with Crippen molar-refractivity contribution in [3.63, 3.8) is 0 Å². The van der Waals surface area contributed by atoms with Gasteiger partial charge in [0.05, 0.1) is 17.8 Å². The van der Waals surface area contributed by atoms with Crippen LogP contribution in [0.3, 0.4) is 0 Å². The summed E-state index contributed by atoms with van der Waals surface area (Å²) >= 11 is 3.33. The molecule has 102 valence electrons. The number of nitrogens with zero attached hydrogens (tertiary/aromatic N) is 5. The van der Waals surface area contributed by atoms with Crippen LogP contribution in [-0.4, -0.2) is 24.7 Å². The van der Waals surface area contributed by atoms with E-state index in [1.807, 2.05) is 6.07 Å². The first kappa shape index (κ1) is 12.8. The number of ether oxygens (including phenoxy) is 1. The molecule has 0 aliphatic heterocycles. The number of aromatic nitrogens is 5. The van der Waals surface area contributed by atoms with Gasteiger partial charge in [-0.3, -0.25) is 9.67 Å². The minimum atomic E-state index is 0.212. The lowest BCUT2D eigenvalue weighted by molar-refractivity contribution is 0.295. The predicted octanol–water partition coefficient (Wildman–Crippen LogP) is 1.68. The quantitative estimate of drug-likeness (QED) is 0.783. The van der Waals surface area contributed by atoms with Gasteiger partial charge in [-0.2, -0.15) is 5.10 Å². The summed E-state index contributed by atoms with van der Waals surface area (Å²) in [4.78, 5) is 12.6. The smallest absolute Gasteiger partial charge is 0.170 e. The number of rotatable bonds is 3. The molecule has 0 aliphatic carbocycles. The lowest BCUT2D eigenvalue weighted by Gasteiger charge is -2.06. The standard InChI is InChI=1S/C12H11BrN6O/c1-19-12-9(5-16-19)11(14)17-10(18-12)6-20-8-2-7(13)3-15-4-8/h2-5H,6H2,1H3,(H2,14,17,18). The van der Waals surface area contributed by atoms with Crippen LogP contribution in [0.5, 0.6) is 5.75 Å². The van der Waals surface area contributed by atoms with Crippen molar-refractivity contribution in [3.8, 4) is 5.75 Å². The summed E-state index contributed by atoms with van der Waals surface area (Å²) in [6.07, 6.45) is 4.95. The number of nitrogen functional groups attached to an aromatic ring is 1. The fourth-order valence-corrected chi connectivity index (χ4v) is 2.12. The Balaban J connectivity index is 1.86. The first-order chi connectivity index (χ1) is 9.63. The third-order valence-electron chi connectivity index (χ3n) is 2.72. The maximum Gasteiger partial charge on any atom is 0.170 e. The maximum absolute atomic E-state index is 5.88. The lowest BCUT2D eigenvalue weighted by Crippen LogP contribution is -2.06. The van der Waals surface area contributed by atoms with Crippen molar-refractivity contribution < 1.29 is 4.74 Å². The summed E-state index contributed by atoms with van der Waals surface area (Å²) in [5.41, 5.74) is 6.57. The van der Waals surface area contributed by atoms with Crippen molar-refractivity contribution in [3.05, 3.63) is 35.0 Å². The van der Waals surface area contributed by atoms with Crippen LogP contribution in [0.15, 0.2) is 29.1 Å². The normalized spacial score (nSPS) is 10.9. The van der Waals surface area contributed by atoms with Crippen LogP contribution >= 0.6 is 15.9 Å². The molecule has 3 rings (SSSR count). The van der Waals surface area contributed by atoms with E-state index in [-0.39, 0.29) is 6.61 Å². The van der Waals surface area contributed by atoms with E-state index >= 15 is 0 Å². The van der Waals surface area contributed by atoms with Gasteiger partial charge in [0, 0.05) is 17.7 Å². The number of aryl methyl sites for hydroxylation is 1. The van der Waals surface area contributed by atoms with E-state index in [1.165, 1.54) is 0 Å². The van der Waals surface area contributed by atoms with E-state index < -0.39 is 0 Å². The molecule has 0 saturated carbocycles. The molecule has 0 spiro atoms. The zero-order valence-electron chi connectivity index (χ0n) is 10.6. The Kier molecular flexibility index (Phi) is 3.23. The first-order valence-corrected chi connectivity index (χ1v) is 6.60. The number of hydrogen-bond acceptors (Lipinski definition) is 6. The molecule has 8 heteroatoms. The molecule has 3 heterocycles. The molecule has 0 atom stereocenters. The second kappa shape index (κ2) is 5.04. The van der Waals surface area contributed by atoms with Gasteiger partial charge in [-0.25, -0.2) is 9.97 Å². The van der Waals surface area contributed by atoms with Gasteiger partial charge >= 0.3 is 0 Å². The minimum Gasteiger partial charge on any atom is -0.484 e. The fourth-order valence-electron chi connectivity index (χ4n) is 1.77. The number of pyridine rings is 1. The summed E-state index contributed by atoms with van der Waals surface area (Å²) < 4.78 is 8.09.